The summed E-state index contributed by atoms with van der Waals surface area (Å²) in [6.07, 6.45) is 0.117. The Balaban J connectivity index is 2.95. The van der Waals surface area contributed by atoms with Crippen molar-refractivity contribution >= 4 is 21.8 Å². The Morgan fingerprint density at radius 3 is 2.44 bits per heavy atom. The number of nitrogens with zero attached hydrogens (tertiary/aromatic N) is 1. The molecule has 0 aliphatic heterocycles. The van der Waals surface area contributed by atoms with E-state index in [0.29, 0.717) is 5.56 Å². The Morgan fingerprint density at radius 2 is 2.00 bits per heavy atom. The number of carbonyl (C=O) groups excluding carboxylic acids is 1. The lowest BCUT2D eigenvalue weighted by Crippen LogP contribution is -2.21. The van der Waals surface area contributed by atoms with Gasteiger partial charge in [0.15, 0.2) is 0 Å². The Bertz CT molecular complexity index is 389. The molecule has 3 nitrogen and oxygen atoms in total. The minimum Gasteiger partial charge on any atom is -0.490 e. The van der Waals surface area contributed by atoms with Gasteiger partial charge >= 0.3 is 0 Å². The summed E-state index contributed by atoms with van der Waals surface area (Å²) < 4.78 is 6.37. The van der Waals surface area contributed by atoms with Crippen molar-refractivity contribution in [2.24, 2.45) is 0 Å². The molecule has 16 heavy (non-hydrogen) atoms. The molecule has 0 saturated heterocycles. The summed E-state index contributed by atoms with van der Waals surface area (Å²) in [4.78, 5) is 13.2. The minimum absolute atomic E-state index is 0.0169. The summed E-state index contributed by atoms with van der Waals surface area (Å²) in [5.41, 5.74) is 0.646. The molecular weight excluding hydrogens is 270 g/mol. The highest BCUT2D eigenvalue weighted by Gasteiger charge is 2.11. The number of hydrogen-bond donors (Lipinski definition) is 0. The summed E-state index contributed by atoms with van der Waals surface area (Å²) in [5.74, 6) is 0.738. The zero-order valence-electron chi connectivity index (χ0n) is 9.95. The van der Waals surface area contributed by atoms with E-state index in [2.05, 4.69) is 15.9 Å². The van der Waals surface area contributed by atoms with Gasteiger partial charge in [0.1, 0.15) is 5.75 Å². The maximum Gasteiger partial charge on any atom is 0.253 e. The van der Waals surface area contributed by atoms with Crippen LogP contribution in [0.25, 0.3) is 0 Å². The van der Waals surface area contributed by atoms with E-state index in [1.54, 1.807) is 37.2 Å². The van der Waals surface area contributed by atoms with Gasteiger partial charge in [0.05, 0.1) is 10.6 Å². The molecular formula is C12H16BrNO2. The molecule has 0 spiro atoms. The molecule has 88 valence electrons. The van der Waals surface area contributed by atoms with Crippen LogP contribution in [-0.2, 0) is 0 Å². The van der Waals surface area contributed by atoms with Crippen molar-refractivity contribution in [1.29, 1.82) is 0 Å². The van der Waals surface area contributed by atoms with Crippen LogP contribution in [-0.4, -0.2) is 31.0 Å². The van der Waals surface area contributed by atoms with Crippen molar-refractivity contribution < 1.29 is 9.53 Å². The first kappa shape index (κ1) is 13.0. The molecule has 0 aliphatic carbocycles. The van der Waals surface area contributed by atoms with Crippen LogP contribution < -0.4 is 4.74 Å². The third-order valence-electron chi connectivity index (χ3n) is 1.95. The van der Waals surface area contributed by atoms with Crippen molar-refractivity contribution in [3.63, 3.8) is 0 Å². The highest BCUT2D eigenvalue weighted by molar-refractivity contribution is 9.10. The fraction of sp³-hybridized carbons (Fsp3) is 0.417. The molecule has 0 radical (unpaired) electrons. The van der Waals surface area contributed by atoms with Crippen molar-refractivity contribution in [3.8, 4) is 5.75 Å². The minimum atomic E-state index is -0.0169. The predicted molar refractivity (Wildman–Crippen MR) is 67.9 cm³/mol. The van der Waals surface area contributed by atoms with E-state index >= 15 is 0 Å². The first-order chi connectivity index (χ1) is 7.41. The molecule has 0 heterocycles. The highest BCUT2D eigenvalue weighted by atomic mass is 79.9. The zero-order chi connectivity index (χ0) is 12.3. The molecule has 0 atom stereocenters. The van der Waals surface area contributed by atoms with Crippen molar-refractivity contribution in [2.45, 2.75) is 20.0 Å². The van der Waals surface area contributed by atoms with Gasteiger partial charge in [0, 0.05) is 19.7 Å². The van der Waals surface area contributed by atoms with Gasteiger partial charge in [-0.3, -0.25) is 4.79 Å². The van der Waals surface area contributed by atoms with Crippen molar-refractivity contribution in [1.82, 2.24) is 4.90 Å². The maximum absolute atomic E-state index is 11.7. The lowest BCUT2D eigenvalue weighted by Gasteiger charge is -2.14. The topological polar surface area (TPSA) is 29.5 Å². The molecule has 0 bridgehead atoms. The summed E-state index contributed by atoms with van der Waals surface area (Å²) in [6.45, 7) is 3.93. The first-order valence-corrected chi connectivity index (χ1v) is 5.89. The molecule has 0 fully saturated rings. The van der Waals surface area contributed by atoms with Crippen molar-refractivity contribution in [2.75, 3.05) is 14.1 Å². The van der Waals surface area contributed by atoms with Gasteiger partial charge in [-0.25, -0.2) is 0 Å². The number of benzene rings is 1. The molecule has 0 saturated carbocycles. The zero-order valence-corrected chi connectivity index (χ0v) is 11.5. The fourth-order valence-corrected chi connectivity index (χ4v) is 1.71. The first-order valence-electron chi connectivity index (χ1n) is 5.09. The largest absolute Gasteiger partial charge is 0.490 e. The molecule has 1 amide bonds. The Kier molecular flexibility index (Phi) is 4.35. The van der Waals surface area contributed by atoms with Crippen LogP contribution in [0, 0.1) is 0 Å². The fourth-order valence-electron chi connectivity index (χ4n) is 1.24. The van der Waals surface area contributed by atoms with Crippen LogP contribution in [0.4, 0.5) is 0 Å². The van der Waals surface area contributed by atoms with Gasteiger partial charge in [-0.1, -0.05) is 0 Å². The summed E-state index contributed by atoms with van der Waals surface area (Å²) in [5, 5.41) is 0. The molecule has 0 aromatic heterocycles. The maximum atomic E-state index is 11.7. The Hall–Kier alpha value is -1.03. The van der Waals surface area contributed by atoms with Gasteiger partial charge < -0.3 is 9.64 Å². The van der Waals surface area contributed by atoms with Crippen molar-refractivity contribution in [3.05, 3.63) is 28.2 Å². The summed E-state index contributed by atoms with van der Waals surface area (Å²) in [7, 11) is 3.46. The van der Waals surface area contributed by atoms with Crippen LogP contribution in [0.5, 0.6) is 5.75 Å². The van der Waals surface area contributed by atoms with E-state index < -0.39 is 0 Å². The van der Waals surface area contributed by atoms with Crippen LogP contribution in [0.1, 0.15) is 24.2 Å². The smallest absolute Gasteiger partial charge is 0.253 e. The van der Waals surface area contributed by atoms with Crippen LogP contribution in [0.2, 0.25) is 0 Å². The molecule has 1 rings (SSSR count). The number of halogens is 1. The molecule has 0 unspecified atom stereocenters. The van der Waals surface area contributed by atoms with E-state index in [4.69, 9.17) is 4.74 Å². The number of carbonyl (C=O) groups is 1. The van der Waals surface area contributed by atoms with Gasteiger partial charge in [0.25, 0.3) is 5.91 Å². The van der Waals surface area contributed by atoms with E-state index in [-0.39, 0.29) is 12.0 Å². The quantitative estimate of drug-likeness (QED) is 0.855. The van der Waals surface area contributed by atoms with E-state index in [9.17, 15) is 4.79 Å². The molecule has 0 aliphatic rings. The second kappa shape index (κ2) is 5.34. The Labute approximate surface area is 105 Å². The second-order valence-electron chi connectivity index (χ2n) is 4.01. The lowest BCUT2D eigenvalue weighted by atomic mass is 10.2. The average molecular weight is 286 g/mol. The third kappa shape index (κ3) is 3.23. The SMILES string of the molecule is CC(C)Oc1ccc(C(=O)N(C)C)cc1Br. The number of hydrogen-bond acceptors (Lipinski definition) is 2. The molecule has 4 heteroatoms. The lowest BCUT2D eigenvalue weighted by molar-refractivity contribution is 0.0827. The Morgan fingerprint density at radius 1 is 1.38 bits per heavy atom. The van der Waals surface area contributed by atoms with Gasteiger partial charge in [0.2, 0.25) is 0 Å². The van der Waals surface area contributed by atoms with Gasteiger partial charge in [-0.05, 0) is 48.0 Å². The standard InChI is InChI=1S/C12H16BrNO2/c1-8(2)16-11-6-5-9(7-10(11)13)12(15)14(3)4/h5-8H,1-4H3. The molecule has 1 aromatic rings. The second-order valence-corrected chi connectivity index (χ2v) is 4.87. The van der Waals surface area contributed by atoms with Crippen LogP contribution >= 0.6 is 15.9 Å². The number of ether oxygens (including phenoxy) is 1. The van der Waals surface area contributed by atoms with E-state index in [0.717, 1.165) is 10.2 Å². The predicted octanol–water partition coefficient (Wildman–Crippen LogP) is 2.94. The third-order valence-corrected chi connectivity index (χ3v) is 2.57. The highest BCUT2D eigenvalue weighted by Crippen LogP contribution is 2.27. The van der Waals surface area contributed by atoms with E-state index in [1.165, 1.54) is 0 Å². The number of rotatable bonds is 3. The summed E-state index contributed by atoms with van der Waals surface area (Å²) >= 11 is 3.40. The van der Waals surface area contributed by atoms with E-state index in [1.807, 2.05) is 13.8 Å². The average Bonchev–Trinajstić information content (AvgIpc) is 2.19. The van der Waals surface area contributed by atoms with Gasteiger partial charge in [-0.15, -0.1) is 0 Å². The van der Waals surface area contributed by atoms with Crippen LogP contribution in [0.3, 0.4) is 0 Å². The monoisotopic (exact) mass is 285 g/mol. The molecule has 1 aromatic carbocycles. The van der Waals surface area contributed by atoms with Gasteiger partial charge in [-0.2, -0.15) is 0 Å². The van der Waals surface area contributed by atoms with Crippen LogP contribution in [0.15, 0.2) is 22.7 Å². The normalized spacial score (nSPS) is 10.4. The summed E-state index contributed by atoms with van der Waals surface area (Å²) in [6, 6.07) is 5.35. The molecule has 0 N–H and O–H groups in total. The number of amides is 1.